The van der Waals surface area contributed by atoms with Gasteiger partial charge in [-0.3, -0.25) is 0 Å². The Kier molecular flexibility index (Phi) is 4.41. The molecule has 100 valence electrons. The maximum atomic E-state index is 9.31. The molecule has 20 heavy (non-hydrogen) atoms. The highest BCUT2D eigenvalue weighted by Crippen LogP contribution is 2.25. The van der Waals surface area contributed by atoms with E-state index in [1.807, 2.05) is 48.5 Å². The van der Waals surface area contributed by atoms with Gasteiger partial charge in [-0.05, 0) is 29.3 Å². The Balaban J connectivity index is 2.45. The summed E-state index contributed by atoms with van der Waals surface area (Å²) in [5.74, 6) is 1.39. The molecule has 0 aliphatic rings. The molecule has 0 saturated heterocycles. The Hall–Kier alpha value is -2.73. The van der Waals surface area contributed by atoms with Crippen molar-refractivity contribution < 1.29 is 9.47 Å². The number of hydrogen-bond acceptors (Lipinski definition) is 3. The standard InChI is InChI=1S/C17H15NO2/c1-19-16-9-13(10-17(11-16)20-2)8-15(12-18)14-6-4-3-5-7-14/h3-11H,1-2H3/b15-8-. The largest absolute Gasteiger partial charge is 0.497 e. The molecule has 3 heteroatoms. The zero-order valence-corrected chi connectivity index (χ0v) is 11.5. The molecule has 0 saturated carbocycles. The van der Waals surface area contributed by atoms with Crippen LogP contribution >= 0.6 is 0 Å². The first kappa shape index (κ1) is 13.7. The second-order valence-electron chi connectivity index (χ2n) is 4.18. The van der Waals surface area contributed by atoms with Gasteiger partial charge in [0.2, 0.25) is 0 Å². The van der Waals surface area contributed by atoms with Crippen molar-refractivity contribution in [3.63, 3.8) is 0 Å². The summed E-state index contributed by atoms with van der Waals surface area (Å²) in [6, 6.07) is 17.3. The quantitative estimate of drug-likeness (QED) is 0.624. The first-order valence-electron chi connectivity index (χ1n) is 6.17. The average Bonchev–Trinajstić information content (AvgIpc) is 2.53. The van der Waals surface area contributed by atoms with Crippen LogP contribution in [-0.2, 0) is 0 Å². The number of nitriles is 1. The fourth-order valence-corrected chi connectivity index (χ4v) is 1.88. The summed E-state index contributed by atoms with van der Waals surface area (Å²) >= 11 is 0. The molecule has 0 amide bonds. The summed E-state index contributed by atoms with van der Waals surface area (Å²) in [4.78, 5) is 0. The molecule has 0 unspecified atom stereocenters. The fraction of sp³-hybridized carbons (Fsp3) is 0.118. The summed E-state index contributed by atoms with van der Waals surface area (Å²) in [7, 11) is 3.20. The molecule has 0 N–H and O–H groups in total. The van der Waals surface area contributed by atoms with E-state index in [1.165, 1.54) is 0 Å². The second-order valence-corrected chi connectivity index (χ2v) is 4.18. The maximum absolute atomic E-state index is 9.31. The molecule has 2 rings (SSSR count). The number of nitrogens with zero attached hydrogens (tertiary/aromatic N) is 1. The zero-order chi connectivity index (χ0) is 14.4. The zero-order valence-electron chi connectivity index (χ0n) is 11.5. The van der Waals surface area contributed by atoms with Crippen molar-refractivity contribution in [2.75, 3.05) is 14.2 Å². The second kappa shape index (κ2) is 6.44. The van der Waals surface area contributed by atoms with E-state index in [4.69, 9.17) is 9.47 Å². The van der Waals surface area contributed by atoms with E-state index < -0.39 is 0 Å². The number of hydrogen-bond donors (Lipinski definition) is 0. The highest BCUT2D eigenvalue weighted by molar-refractivity contribution is 5.89. The van der Waals surface area contributed by atoms with Crippen molar-refractivity contribution in [3.05, 3.63) is 59.7 Å². The van der Waals surface area contributed by atoms with E-state index in [-0.39, 0.29) is 0 Å². The Bertz CT molecular complexity index is 632. The minimum Gasteiger partial charge on any atom is -0.497 e. The van der Waals surface area contributed by atoms with Crippen molar-refractivity contribution in [3.8, 4) is 17.6 Å². The van der Waals surface area contributed by atoms with Crippen LogP contribution < -0.4 is 9.47 Å². The molecule has 0 spiro atoms. The summed E-state index contributed by atoms with van der Waals surface area (Å²) < 4.78 is 10.5. The molecule has 0 atom stereocenters. The van der Waals surface area contributed by atoms with E-state index in [0.29, 0.717) is 17.1 Å². The Morgan fingerprint density at radius 2 is 1.60 bits per heavy atom. The smallest absolute Gasteiger partial charge is 0.123 e. The Labute approximate surface area is 118 Å². The highest BCUT2D eigenvalue weighted by Gasteiger charge is 2.03. The van der Waals surface area contributed by atoms with E-state index in [2.05, 4.69) is 6.07 Å². The van der Waals surface area contributed by atoms with Gasteiger partial charge in [-0.2, -0.15) is 5.26 Å². The average molecular weight is 265 g/mol. The summed E-state index contributed by atoms with van der Waals surface area (Å²) in [5.41, 5.74) is 2.35. The molecule has 0 aliphatic carbocycles. The third kappa shape index (κ3) is 3.18. The molecular formula is C17H15NO2. The number of allylic oxidation sites excluding steroid dienone is 1. The van der Waals surface area contributed by atoms with Gasteiger partial charge in [0.15, 0.2) is 0 Å². The van der Waals surface area contributed by atoms with E-state index in [1.54, 1.807) is 20.3 Å². The Morgan fingerprint density at radius 3 is 2.10 bits per heavy atom. The van der Waals surface area contributed by atoms with Crippen molar-refractivity contribution in [2.45, 2.75) is 0 Å². The summed E-state index contributed by atoms with van der Waals surface area (Å²) in [5, 5.41) is 9.31. The number of ether oxygens (including phenoxy) is 2. The van der Waals surface area contributed by atoms with Crippen LogP contribution in [0.15, 0.2) is 48.5 Å². The van der Waals surface area contributed by atoms with Crippen LogP contribution in [0.1, 0.15) is 11.1 Å². The van der Waals surface area contributed by atoms with Crippen molar-refractivity contribution in [2.24, 2.45) is 0 Å². The molecule has 2 aromatic carbocycles. The topological polar surface area (TPSA) is 42.2 Å². The first-order chi connectivity index (χ1) is 9.76. The Morgan fingerprint density at radius 1 is 1.00 bits per heavy atom. The third-order valence-corrected chi connectivity index (χ3v) is 2.89. The van der Waals surface area contributed by atoms with Crippen molar-refractivity contribution in [1.29, 1.82) is 5.26 Å². The van der Waals surface area contributed by atoms with Crippen LogP contribution in [0.3, 0.4) is 0 Å². The highest BCUT2D eigenvalue weighted by atomic mass is 16.5. The molecule has 2 aromatic rings. The third-order valence-electron chi connectivity index (χ3n) is 2.89. The van der Waals surface area contributed by atoms with Gasteiger partial charge in [0.1, 0.15) is 11.5 Å². The van der Waals surface area contributed by atoms with Crippen molar-refractivity contribution in [1.82, 2.24) is 0 Å². The van der Waals surface area contributed by atoms with Gasteiger partial charge in [-0.25, -0.2) is 0 Å². The lowest BCUT2D eigenvalue weighted by Crippen LogP contribution is -1.89. The van der Waals surface area contributed by atoms with Gasteiger partial charge >= 0.3 is 0 Å². The molecule has 0 fully saturated rings. The number of benzene rings is 2. The van der Waals surface area contributed by atoms with Gasteiger partial charge in [0, 0.05) is 6.07 Å². The first-order valence-corrected chi connectivity index (χ1v) is 6.17. The van der Waals surface area contributed by atoms with Crippen LogP contribution in [0.25, 0.3) is 11.6 Å². The van der Waals surface area contributed by atoms with Crippen LogP contribution in [-0.4, -0.2) is 14.2 Å². The fourth-order valence-electron chi connectivity index (χ4n) is 1.88. The maximum Gasteiger partial charge on any atom is 0.123 e. The van der Waals surface area contributed by atoms with Gasteiger partial charge in [-0.15, -0.1) is 0 Å². The van der Waals surface area contributed by atoms with E-state index in [9.17, 15) is 5.26 Å². The minimum absolute atomic E-state index is 0.598. The van der Waals surface area contributed by atoms with Gasteiger partial charge in [-0.1, -0.05) is 30.3 Å². The van der Waals surface area contributed by atoms with Gasteiger partial charge in [0.25, 0.3) is 0 Å². The predicted molar refractivity (Wildman–Crippen MR) is 79.5 cm³/mol. The molecule has 0 heterocycles. The number of rotatable bonds is 4. The minimum atomic E-state index is 0.598. The molecule has 3 nitrogen and oxygen atoms in total. The van der Waals surface area contributed by atoms with E-state index >= 15 is 0 Å². The predicted octanol–water partition coefficient (Wildman–Crippen LogP) is 3.77. The van der Waals surface area contributed by atoms with Crippen molar-refractivity contribution >= 4 is 11.6 Å². The van der Waals surface area contributed by atoms with Crippen LogP contribution in [0.2, 0.25) is 0 Å². The monoisotopic (exact) mass is 265 g/mol. The van der Waals surface area contributed by atoms with E-state index in [0.717, 1.165) is 11.1 Å². The van der Waals surface area contributed by atoms with Crippen LogP contribution in [0, 0.1) is 11.3 Å². The molecular weight excluding hydrogens is 250 g/mol. The van der Waals surface area contributed by atoms with Crippen LogP contribution in [0.5, 0.6) is 11.5 Å². The number of methoxy groups -OCH3 is 2. The normalized spacial score (nSPS) is 10.8. The molecule has 0 bridgehead atoms. The van der Waals surface area contributed by atoms with Crippen LogP contribution in [0.4, 0.5) is 0 Å². The summed E-state index contributed by atoms with van der Waals surface area (Å²) in [6.45, 7) is 0. The molecule has 0 aromatic heterocycles. The lowest BCUT2D eigenvalue weighted by atomic mass is 10.0. The SMILES string of the molecule is COc1cc(/C=C(/C#N)c2ccccc2)cc(OC)c1. The molecule has 0 radical (unpaired) electrons. The van der Waals surface area contributed by atoms with Gasteiger partial charge in [0.05, 0.1) is 25.9 Å². The molecule has 0 aliphatic heterocycles. The summed E-state index contributed by atoms with van der Waals surface area (Å²) in [6.07, 6.45) is 1.82. The van der Waals surface area contributed by atoms with Gasteiger partial charge < -0.3 is 9.47 Å². The lowest BCUT2D eigenvalue weighted by Gasteiger charge is -2.06. The lowest BCUT2D eigenvalue weighted by molar-refractivity contribution is 0.394.